The number of hydrogen-bond acceptors (Lipinski definition) is 4. The van der Waals surface area contributed by atoms with Gasteiger partial charge in [0.05, 0.1) is 5.69 Å². The quantitative estimate of drug-likeness (QED) is 0.865. The summed E-state index contributed by atoms with van der Waals surface area (Å²) in [6.07, 6.45) is 5.84. The van der Waals surface area contributed by atoms with Crippen molar-refractivity contribution in [2.75, 3.05) is 7.05 Å². The Morgan fingerprint density at radius 2 is 2.00 bits per heavy atom. The first-order valence-corrected chi connectivity index (χ1v) is 7.74. The van der Waals surface area contributed by atoms with Crippen molar-refractivity contribution in [3.05, 3.63) is 27.7 Å². The summed E-state index contributed by atoms with van der Waals surface area (Å²) in [5.41, 5.74) is 0.490. The molecule has 0 aliphatic heterocycles. The van der Waals surface area contributed by atoms with Gasteiger partial charge in [0.25, 0.3) is 0 Å². The molecule has 6 heteroatoms. The molecule has 0 bridgehead atoms. The van der Waals surface area contributed by atoms with E-state index in [1.807, 2.05) is 7.05 Å². The van der Waals surface area contributed by atoms with Crippen LogP contribution in [0.2, 0.25) is 0 Å². The van der Waals surface area contributed by atoms with Crippen LogP contribution in [0.1, 0.15) is 43.5 Å². The average molecular weight is 308 g/mol. The molecule has 1 heterocycles. The molecule has 1 fully saturated rings. The third-order valence-corrected chi connectivity index (χ3v) is 4.49. The molecule has 0 saturated heterocycles. The van der Waals surface area contributed by atoms with E-state index in [0.717, 1.165) is 12.8 Å². The summed E-state index contributed by atoms with van der Waals surface area (Å²) >= 11 is 0. The van der Waals surface area contributed by atoms with Gasteiger partial charge in [0.15, 0.2) is 5.75 Å². The maximum absolute atomic E-state index is 11.8. The van der Waals surface area contributed by atoms with Crippen molar-refractivity contribution < 1.29 is 15.0 Å². The number of carboxylic acids is 1. The second kappa shape index (κ2) is 6.96. The monoisotopic (exact) mass is 308 g/mol. The molecular weight excluding hydrogens is 284 g/mol. The Morgan fingerprint density at radius 3 is 2.59 bits per heavy atom. The molecule has 0 aromatic carbocycles. The minimum Gasteiger partial charge on any atom is -0.503 e. The lowest BCUT2D eigenvalue weighted by atomic mass is 9.94. The van der Waals surface area contributed by atoms with E-state index < -0.39 is 11.4 Å². The number of nitrogens with zero attached hydrogens (tertiary/aromatic N) is 2. The number of carboxylic acid groups (broad SMARTS) is 1. The molecule has 1 aromatic heterocycles. The van der Waals surface area contributed by atoms with Crippen LogP contribution in [0.15, 0.2) is 10.9 Å². The minimum absolute atomic E-state index is 0.256. The third kappa shape index (κ3) is 3.68. The summed E-state index contributed by atoms with van der Waals surface area (Å²) in [4.78, 5) is 25.0. The molecule has 6 nitrogen and oxygen atoms in total. The first-order chi connectivity index (χ1) is 10.4. The van der Waals surface area contributed by atoms with Crippen LogP contribution in [0.4, 0.5) is 0 Å². The summed E-state index contributed by atoms with van der Waals surface area (Å²) in [6.45, 7) is 1.81. The number of aromatic hydroxyl groups is 1. The van der Waals surface area contributed by atoms with E-state index in [1.54, 1.807) is 6.92 Å². The molecule has 2 rings (SSSR count). The fourth-order valence-corrected chi connectivity index (χ4v) is 3.22. The standard InChI is InChI=1S/C16H24N2O4/c1-11-8-14(19)16(22)13(18(11)10-15(20)21)9-17(2)12-6-4-3-5-7-12/h8,12,22H,3-7,9-10H2,1-2H3,(H,20,21). The zero-order valence-electron chi connectivity index (χ0n) is 13.2. The molecule has 0 amide bonds. The van der Waals surface area contributed by atoms with Crippen LogP contribution in [0.3, 0.4) is 0 Å². The second-order valence-electron chi connectivity index (χ2n) is 6.13. The van der Waals surface area contributed by atoms with Gasteiger partial charge in [0.1, 0.15) is 6.54 Å². The average Bonchev–Trinajstić information content (AvgIpc) is 2.48. The molecule has 1 saturated carbocycles. The predicted molar refractivity (Wildman–Crippen MR) is 83.1 cm³/mol. The van der Waals surface area contributed by atoms with Gasteiger partial charge in [-0.3, -0.25) is 14.5 Å². The maximum Gasteiger partial charge on any atom is 0.323 e. The van der Waals surface area contributed by atoms with E-state index in [2.05, 4.69) is 4.90 Å². The van der Waals surface area contributed by atoms with Crippen molar-refractivity contribution in [1.82, 2.24) is 9.47 Å². The summed E-state index contributed by atoms with van der Waals surface area (Å²) in [5, 5.41) is 19.2. The predicted octanol–water partition coefficient (Wildman–Crippen LogP) is 1.71. The molecule has 1 aliphatic carbocycles. The van der Waals surface area contributed by atoms with Crippen molar-refractivity contribution in [2.45, 2.75) is 58.2 Å². The van der Waals surface area contributed by atoms with Gasteiger partial charge in [0, 0.05) is 24.3 Å². The largest absolute Gasteiger partial charge is 0.503 e. The van der Waals surface area contributed by atoms with Crippen LogP contribution < -0.4 is 5.43 Å². The van der Waals surface area contributed by atoms with Gasteiger partial charge in [-0.05, 0) is 26.8 Å². The van der Waals surface area contributed by atoms with Crippen molar-refractivity contribution in [2.24, 2.45) is 0 Å². The number of aromatic nitrogens is 1. The van der Waals surface area contributed by atoms with Crippen molar-refractivity contribution in [3.8, 4) is 5.75 Å². The van der Waals surface area contributed by atoms with E-state index in [4.69, 9.17) is 5.11 Å². The first-order valence-electron chi connectivity index (χ1n) is 7.74. The minimum atomic E-state index is -0.993. The lowest BCUT2D eigenvalue weighted by molar-refractivity contribution is -0.137. The lowest BCUT2D eigenvalue weighted by Crippen LogP contribution is -2.35. The molecule has 122 valence electrons. The van der Waals surface area contributed by atoms with Crippen LogP contribution in [-0.4, -0.2) is 38.7 Å². The molecular formula is C16H24N2O4. The highest BCUT2D eigenvalue weighted by molar-refractivity contribution is 5.67. The van der Waals surface area contributed by atoms with Gasteiger partial charge in [-0.2, -0.15) is 0 Å². The Labute approximate surface area is 130 Å². The summed E-state index contributed by atoms with van der Waals surface area (Å²) in [6, 6.07) is 1.70. The Bertz CT molecular complexity index is 603. The molecule has 0 unspecified atom stereocenters. The number of aryl methyl sites for hydroxylation is 1. The zero-order chi connectivity index (χ0) is 16.3. The zero-order valence-corrected chi connectivity index (χ0v) is 13.2. The van der Waals surface area contributed by atoms with E-state index in [0.29, 0.717) is 24.0 Å². The highest BCUT2D eigenvalue weighted by atomic mass is 16.4. The van der Waals surface area contributed by atoms with Gasteiger partial charge in [0.2, 0.25) is 5.43 Å². The molecule has 22 heavy (non-hydrogen) atoms. The fourth-order valence-electron chi connectivity index (χ4n) is 3.22. The van der Waals surface area contributed by atoms with Gasteiger partial charge < -0.3 is 14.8 Å². The Hall–Kier alpha value is -1.82. The summed E-state index contributed by atoms with van der Waals surface area (Å²) < 4.78 is 1.51. The molecule has 1 aliphatic rings. The molecule has 0 spiro atoms. The Kier molecular flexibility index (Phi) is 5.24. The van der Waals surface area contributed by atoms with Crippen molar-refractivity contribution in [3.63, 3.8) is 0 Å². The van der Waals surface area contributed by atoms with E-state index in [-0.39, 0.29) is 12.3 Å². The van der Waals surface area contributed by atoms with Gasteiger partial charge >= 0.3 is 5.97 Å². The SMILES string of the molecule is Cc1cc(=O)c(O)c(CN(C)C2CCCCC2)n1CC(=O)O. The number of rotatable bonds is 5. The lowest BCUT2D eigenvalue weighted by Gasteiger charge is -2.32. The summed E-state index contributed by atoms with van der Waals surface area (Å²) in [5.74, 6) is -1.33. The fraction of sp³-hybridized carbons (Fsp3) is 0.625. The van der Waals surface area contributed by atoms with Gasteiger partial charge in [-0.15, -0.1) is 0 Å². The molecule has 2 N–H and O–H groups in total. The summed E-state index contributed by atoms with van der Waals surface area (Å²) in [7, 11) is 1.97. The van der Waals surface area contributed by atoms with Crippen molar-refractivity contribution >= 4 is 5.97 Å². The topological polar surface area (TPSA) is 82.8 Å². The smallest absolute Gasteiger partial charge is 0.323 e. The molecule has 0 atom stereocenters. The van der Waals surface area contributed by atoms with E-state index >= 15 is 0 Å². The van der Waals surface area contributed by atoms with E-state index in [1.165, 1.54) is 29.9 Å². The van der Waals surface area contributed by atoms with Crippen LogP contribution in [-0.2, 0) is 17.9 Å². The Morgan fingerprint density at radius 1 is 1.36 bits per heavy atom. The number of carbonyl (C=O) groups is 1. The van der Waals surface area contributed by atoms with Crippen LogP contribution in [0.5, 0.6) is 5.75 Å². The molecule has 1 aromatic rings. The Balaban J connectivity index is 2.31. The maximum atomic E-state index is 11.8. The van der Waals surface area contributed by atoms with Crippen LogP contribution in [0, 0.1) is 6.92 Å². The highest BCUT2D eigenvalue weighted by Crippen LogP contribution is 2.24. The third-order valence-electron chi connectivity index (χ3n) is 4.49. The molecule has 0 radical (unpaired) electrons. The van der Waals surface area contributed by atoms with Crippen LogP contribution in [0.25, 0.3) is 0 Å². The van der Waals surface area contributed by atoms with Crippen LogP contribution >= 0.6 is 0 Å². The van der Waals surface area contributed by atoms with E-state index in [9.17, 15) is 14.7 Å². The number of aliphatic carboxylic acids is 1. The second-order valence-corrected chi connectivity index (χ2v) is 6.13. The normalized spacial score (nSPS) is 16.1. The number of pyridine rings is 1. The highest BCUT2D eigenvalue weighted by Gasteiger charge is 2.22. The van der Waals surface area contributed by atoms with Crippen molar-refractivity contribution in [1.29, 1.82) is 0 Å². The first kappa shape index (κ1) is 16.5. The van der Waals surface area contributed by atoms with Gasteiger partial charge in [-0.25, -0.2) is 0 Å². The van der Waals surface area contributed by atoms with Gasteiger partial charge in [-0.1, -0.05) is 19.3 Å². The number of hydrogen-bond donors (Lipinski definition) is 2.